The highest BCUT2D eigenvalue weighted by Gasteiger charge is 2.33. The van der Waals surface area contributed by atoms with E-state index in [0.29, 0.717) is 12.2 Å². The number of rotatable bonds is 6. The number of nitrogens with one attached hydrogen (secondary N) is 1. The first-order chi connectivity index (χ1) is 9.97. The normalized spacial score (nSPS) is 16.6. The zero-order chi connectivity index (χ0) is 15.5. The second-order valence-corrected chi connectivity index (χ2v) is 5.51. The molecule has 1 saturated carbocycles. The highest BCUT2D eigenvalue weighted by atomic mass is 16.6. The molecule has 0 amide bonds. The third-order valence-corrected chi connectivity index (χ3v) is 4.09. The molecule has 0 bridgehead atoms. The Hall–Kier alpha value is -2.15. The Kier molecular flexibility index (Phi) is 4.42. The minimum atomic E-state index is -1.32. The van der Waals surface area contributed by atoms with Gasteiger partial charge in [-0.15, -0.1) is 0 Å². The van der Waals surface area contributed by atoms with Crippen LogP contribution in [0.2, 0.25) is 0 Å². The number of nitro groups is 1. The molecule has 0 unspecified atom stereocenters. The number of nitrogens with zero attached hydrogens (tertiary/aromatic N) is 1. The van der Waals surface area contributed by atoms with Crippen molar-refractivity contribution in [1.29, 1.82) is 0 Å². The zero-order valence-electron chi connectivity index (χ0n) is 11.5. The second kappa shape index (κ2) is 6.09. The molecule has 0 aliphatic heterocycles. The lowest BCUT2D eigenvalue weighted by atomic mass is 9.87. The SMILES string of the molecule is O=C(O)c1ccc(NCC2(CO)CCCC2)cc1[N+](=O)[O-]. The first-order valence-corrected chi connectivity index (χ1v) is 6.84. The molecule has 114 valence electrons. The van der Waals surface area contributed by atoms with E-state index in [2.05, 4.69) is 5.32 Å². The monoisotopic (exact) mass is 294 g/mol. The smallest absolute Gasteiger partial charge is 0.342 e. The summed E-state index contributed by atoms with van der Waals surface area (Å²) in [6.45, 7) is 0.600. The standard InChI is InChI=1S/C14H18N2O5/c17-9-14(5-1-2-6-14)8-15-10-3-4-11(13(18)19)12(7-10)16(20)21/h3-4,7,15,17H,1-2,5-6,8-9H2,(H,18,19). The minimum Gasteiger partial charge on any atom is -0.477 e. The molecule has 1 aromatic carbocycles. The van der Waals surface area contributed by atoms with Crippen molar-refractivity contribution in [2.45, 2.75) is 25.7 Å². The predicted octanol–water partition coefficient (Wildman–Crippen LogP) is 2.26. The van der Waals surface area contributed by atoms with Crippen molar-refractivity contribution in [2.75, 3.05) is 18.5 Å². The number of hydrogen-bond donors (Lipinski definition) is 3. The molecule has 0 heterocycles. The number of carbonyl (C=O) groups is 1. The van der Waals surface area contributed by atoms with Crippen molar-refractivity contribution >= 4 is 17.3 Å². The Morgan fingerprint density at radius 2 is 2.05 bits per heavy atom. The molecule has 2 rings (SSSR count). The van der Waals surface area contributed by atoms with Gasteiger partial charge < -0.3 is 15.5 Å². The van der Waals surface area contributed by atoms with E-state index in [-0.39, 0.29) is 17.6 Å². The quantitative estimate of drug-likeness (QED) is 0.548. The topological polar surface area (TPSA) is 113 Å². The van der Waals surface area contributed by atoms with Gasteiger partial charge in [0.05, 0.1) is 11.5 Å². The van der Waals surface area contributed by atoms with Crippen LogP contribution < -0.4 is 5.32 Å². The van der Waals surface area contributed by atoms with Crippen LogP contribution in [0.4, 0.5) is 11.4 Å². The zero-order valence-corrected chi connectivity index (χ0v) is 11.5. The van der Waals surface area contributed by atoms with Gasteiger partial charge in [0, 0.05) is 23.7 Å². The van der Waals surface area contributed by atoms with Crippen molar-refractivity contribution in [3.8, 4) is 0 Å². The maximum atomic E-state index is 10.9. The molecule has 21 heavy (non-hydrogen) atoms. The van der Waals surface area contributed by atoms with Crippen LogP contribution in [0, 0.1) is 15.5 Å². The fourth-order valence-electron chi connectivity index (χ4n) is 2.78. The van der Waals surface area contributed by atoms with Crippen LogP contribution in [-0.4, -0.2) is 34.3 Å². The molecule has 0 radical (unpaired) electrons. The molecular weight excluding hydrogens is 276 g/mol. The largest absolute Gasteiger partial charge is 0.477 e. The van der Waals surface area contributed by atoms with Crippen LogP contribution in [-0.2, 0) is 0 Å². The number of nitro benzene ring substituents is 1. The van der Waals surface area contributed by atoms with E-state index in [9.17, 15) is 20.0 Å². The minimum absolute atomic E-state index is 0.0787. The summed E-state index contributed by atoms with van der Waals surface area (Å²) in [5.74, 6) is -1.32. The number of anilines is 1. The van der Waals surface area contributed by atoms with Gasteiger partial charge in [-0.2, -0.15) is 0 Å². The van der Waals surface area contributed by atoms with Crippen molar-refractivity contribution in [3.63, 3.8) is 0 Å². The number of carboxylic acid groups (broad SMARTS) is 1. The summed E-state index contributed by atoms with van der Waals surface area (Å²) < 4.78 is 0. The Balaban J connectivity index is 2.15. The second-order valence-electron chi connectivity index (χ2n) is 5.51. The number of carboxylic acids is 1. The summed E-state index contributed by atoms with van der Waals surface area (Å²) in [7, 11) is 0. The summed E-state index contributed by atoms with van der Waals surface area (Å²) in [5.41, 5.74) is -0.452. The van der Waals surface area contributed by atoms with Gasteiger partial charge in [0.2, 0.25) is 0 Å². The van der Waals surface area contributed by atoms with Gasteiger partial charge in [0.25, 0.3) is 5.69 Å². The first-order valence-electron chi connectivity index (χ1n) is 6.84. The molecule has 1 fully saturated rings. The van der Waals surface area contributed by atoms with Gasteiger partial charge in [-0.3, -0.25) is 10.1 Å². The van der Waals surface area contributed by atoms with Crippen LogP contribution in [0.5, 0.6) is 0 Å². The summed E-state index contributed by atoms with van der Waals surface area (Å²) >= 11 is 0. The summed E-state index contributed by atoms with van der Waals surface area (Å²) in [6, 6.07) is 3.96. The lowest BCUT2D eigenvalue weighted by Crippen LogP contribution is -2.30. The number of aliphatic hydroxyl groups is 1. The maximum Gasteiger partial charge on any atom is 0.342 e. The molecule has 0 atom stereocenters. The van der Waals surface area contributed by atoms with Gasteiger partial charge >= 0.3 is 5.97 Å². The first kappa shape index (κ1) is 15.2. The van der Waals surface area contributed by atoms with E-state index in [1.807, 2.05) is 0 Å². The Bertz CT molecular complexity index is 552. The van der Waals surface area contributed by atoms with Crippen LogP contribution >= 0.6 is 0 Å². The molecule has 1 aliphatic carbocycles. The van der Waals surface area contributed by atoms with E-state index in [4.69, 9.17) is 5.11 Å². The molecule has 7 heteroatoms. The Labute approximate surface area is 121 Å². The third kappa shape index (κ3) is 3.30. The van der Waals surface area contributed by atoms with E-state index >= 15 is 0 Å². The van der Waals surface area contributed by atoms with E-state index < -0.39 is 16.6 Å². The number of hydrogen-bond acceptors (Lipinski definition) is 5. The molecule has 3 N–H and O–H groups in total. The van der Waals surface area contributed by atoms with Crippen LogP contribution in [0.15, 0.2) is 18.2 Å². The van der Waals surface area contributed by atoms with Gasteiger partial charge in [-0.05, 0) is 25.0 Å². The molecular formula is C14H18N2O5. The molecule has 0 saturated heterocycles. The van der Waals surface area contributed by atoms with E-state index in [1.165, 1.54) is 18.2 Å². The summed E-state index contributed by atoms with van der Waals surface area (Å²) in [6.07, 6.45) is 3.98. The Morgan fingerprint density at radius 1 is 1.38 bits per heavy atom. The lowest BCUT2D eigenvalue weighted by molar-refractivity contribution is -0.385. The summed E-state index contributed by atoms with van der Waals surface area (Å²) in [4.78, 5) is 21.2. The molecule has 0 aromatic heterocycles. The number of aliphatic hydroxyl groups excluding tert-OH is 1. The molecule has 0 spiro atoms. The van der Waals surface area contributed by atoms with Gasteiger partial charge in [-0.1, -0.05) is 12.8 Å². The van der Waals surface area contributed by atoms with Crippen LogP contribution in [0.1, 0.15) is 36.0 Å². The average molecular weight is 294 g/mol. The van der Waals surface area contributed by atoms with E-state index in [1.54, 1.807) is 0 Å². The van der Waals surface area contributed by atoms with Gasteiger partial charge in [0.1, 0.15) is 5.56 Å². The van der Waals surface area contributed by atoms with Crippen LogP contribution in [0.25, 0.3) is 0 Å². The lowest BCUT2D eigenvalue weighted by Gasteiger charge is -2.27. The predicted molar refractivity (Wildman–Crippen MR) is 76.5 cm³/mol. The average Bonchev–Trinajstić information content (AvgIpc) is 2.94. The van der Waals surface area contributed by atoms with Crippen LogP contribution in [0.3, 0.4) is 0 Å². The van der Waals surface area contributed by atoms with Crippen molar-refractivity contribution in [3.05, 3.63) is 33.9 Å². The summed E-state index contributed by atoms with van der Waals surface area (Å²) in [5, 5.41) is 32.5. The Morgan fingerprint density at radius 3 is 2.57 bits per heavy atom. The fourth-order valence-corrected chi connectivity index (χ4v) is 2.78. The number of aromatic carboxylic acids is 1. The van der Waals surface area contributed by atoms with Gasteiger partial charge in [0.15, 0.2) is 0 Å². The van der Waals surface area contributed by atoms with Gasteiger partial charge in [-0.25, -0.2) is 4.79 Å². The molecule has 1 aliphatic rings. The fraction of sp³-hybridized carbons (Fsp3) is 0.500. The van der Waals surface area contributed by atoms with Crippen molar-refractivity contribution < 1.29 is 19.9 Å². The van der Waals surface area contributed by atoms with Crippen molar-refractivity contribution in [1.82, 2.24) is 0 Å². The van der Waals surface area contributed by atoms with Crippen molar-refractivity contribution in [2.24, 2.45) is 5.41 Å². The van der Waals surface area contributed by atoms with E-state index in [0.717, 1.165) is 25.7 Å². The third-order valence-electron chi connectivity index (χ3n) is 4.09. The molecule has 1 aromatic rings. The molecule has 7 nitrogen and oxygen atoms in total. The maximum absolute atomic E-state index is 10.9. The number of benzene rings is 1. The highest BCUT2D eigenvalue weighted by molar-refractivity contribution is 5.93. The highest BCUT2D eigenvalue weighted by Crippen LogP contribution is 2.38.